The van der Waals surface area contributed by atoms with Crippen LogP contribution in [0.2, 0.25) is 0 Å². The molecule has 0 radical (unpaired) electrons. The largest absolute Gasteiger partial charge is 0.468 e. The van der Waals surface area contributed by atoms with Crippen LogP contribution in [0.25, 0.3) is 10.9 Å². The second-order valence-electron chi connectivity index (χ2n) is 7.09. The van der Waals surface area contributed by atoms with E-state index in [1.807, 2.05) is 26.1 Å². The summed E-state index contributed by atoms with van der Waals surface area (Å²) in [6, 6.07) is 8.33. The number of esters is 2. The van der Waals surface area contributed by atoms with Crippen molar-refractivity contribution in [3.63, 3.8) is 0 Å². The highest BCUT2D eigenvalue weighted by molar-refractivity contribution is 6.01. The maximum Gasteiger partial charge on any atom is 0.323 e. The van der Waals surface area contributed by atoms with Crippen LogP contribution in [0, 0.1) is 5.41 Å². The lowest BCUT2D eigenvalue weighted by molar-refractivity contribution is -0.168. The van der Waals surface area contributed by atoms with Crippen molar-refractivity contribution in [3.05, 3.63) is 47.2 Å². The minimum atomic E-state index is -1.22. The van der Waals surface area contributed by atoms with E-state index in [0.717, 1.165) is 24.0 Å². The van der Waals surface area contributed by atoms with Gasteiger partial charge in [0.05, 0.1) is 14.2 Å². The third kappa shape index (κ3) is 2.91. The molecule has 0 saturated carbocycles. The quantitative estimate of drug-likeness (QED) is 0.467. The molecule has 0 bridgehead atoms. The van der Waals surface area contributed by atoms with Crippen molar-refractivity contribution in [2.75, 3.05) is 14.2 Å². The van der Waals surface area contributed by atoms with Crippen molar-refractivity contribution in [3.8, 4) is 0 Å². The van der Waals surface area contributed by atoms with Crippen LogP contribution in [0.4, 0.5) is 0 Å². The van der Waals surface area contributed by atoms with Gasteiger partial charge in [-0.2, -0.15) is 0 Å². The topological polar surface area (TPSA) is 57.5 Å². The third-order valence-corrected chi connectivity index (χ3v) is 5.51. The zero-order chi connectivity index (χ0) is 18.9. The fraction of sp³-hybridized carbons (Fsp3) is 0.429. The van der Waals surface area contributed by atoms with Crippen LogP contribution in [0.1, 0.15) is 31.7 Å². The van der Waals surface area contributed by atoms with Gasteiger partial charge in [-0.05, 0) is 44.2 Å². The van der Waals surface area contributed by atoms with Crippen LogP contribution in [0.15, 0.2) is 41.6 Å². The number of para-hydroxylation sites is 1. The van der Waals surface area contributed by atoms with Crippen molar-refractivity contribution in [1.82, 2.24) is 4.57 Å². The van der Waals surface area contributed by atoms with Gasteiger partial charge >= 0.3 is 11.9 Å². The first-order valence-corrected chi connectivity index (χ1v) is 8.80. The number of methoxy groups -OCH3 is 2. The summed E-state index contributed by atoms with van der Waals surface area (Å²) >= 11 is 0. The number of fused-ring (bicyclic) bond motifs is 1. The molecule has 0 aliphatic heterocycles. The first kappa shape index (κ1) is 18.2. The fourth-order valence-corrected chi connectivity index (χ4v) is 4.13. The predicted octanol–water partition coefficient (Wildman–Crippen LogP) is 3.55. The fourth-order valence-electron chi connectivity index (χ4n) is 4.13. The molecule has 138 valence electrons. The van der Waals surface area contributed by atoms with E-state index in [1.54, 1.807) is 0 Å². The molecular weight excluding hydrogens is 330 g/mol. The number of hydrogen-bond donors (Lipinski definition) is 0. The number of allylic oxidation sites excluding steroid dienone is 2. The molecule has 1 aliphatic rings. The highest BCUT2D eigenvalue weighted by Crippen LogP contribution is 2.45. The van der Waals surface area contributed by atoms with Crippen LogP contribution in [-0.2, 0) is 32.5 Å². The highest BCUT2D eigenvalue weighted by Gasteiger charge is 2.52. The van der Waals surface area contributed by atoms with Gasteiger partial charge in [0.15, 0.2) is 5.41 Å². The molecule has 1 aromatic heterocycles. The predicted molar refractivity (Wildman–Crippen MR) is 99.6 cm³/mol. The van der Waals surface area contributed by atoms with Gasteiger partial charge in [0.25, 0.3) is 0 Å². The zero-order valence-electron chi connectivity index (χ0n) is 15.8. The molecule has 1 heterocycles. The number of carbonyl (C=O) groups is 2. The van der Waals surface area contributed by atoms with E-state index in [4.69, 9.17) is 9.47 Å². The molecule has 1 aliphatic carbocycles. The highest BCUT2D eigenvalue weighted by atomic mass is 16.5. The van der Waals surface area contributed by atoms with Crippen LogP contribution in [0.3, 0.4) is 0 Å². The minimum Gasteiger partial charge on any atom is -0.468 e. The van der Waals surface area contributed by atoms with E-state index in [1.165, 1.54) is 30.7 Å². The van der Waals surface area contributed by atoms with Crippen LogP contribution >= 0.6 is 0 Å². The summed E-state index contributed by atoms with van der Waals surface area (Å²) < 4.78 is 12.0. The first-order valence-electron chi connectivity index (χ1n) is 8.80. The van der Waals surface area contributed by atoms with Crippen LogP contribution < -0.4 is 0 Å². The Bertz CT molecular complexity index is 875. The van der Waals surface area contributed by atoms with E-state index < -0.39 is 17.4 Å². The number of aryl methyl sites for hydroxylation is 2. The average molecular weight is 355 g/mol. The molecule has 26 heavy (non-hydrogen) atoms. The SMILES string of the molecule is COC(=O)C1(C(=O)OC)CC(C)=C(CCc2cn(C)c3ccccc23)C1. The van der Waals surface area contributed by atoms with Crippen molar-refractivity contribution in [1.29, 1.82) is 0 Å². The molecule has 0 saturated heterocycles. The Morgan fingerprint density at radius 3 is 2.38 bits per heavy atom. The van der Waals surface area contributed by atoms with E-state index >= 15 is 0 Å². The molecule has 0 spiro atoms. The van der Waals surface area contributed by atoms with Gasteiger partial charge in [0.1, 0.15) is 0 Å². The second kappa shape index (κ2) is 6.98. The Morgan fingerprint density at radius 1 is 1.08 bits per heavy atom. The van der Waals surface area contributed by atoms with Crippen molar-refractivity contribution in [2.24, 2.45) is 12.5 Å². The number of nitrogens with zero attached hydrogens (tertiary/aromatic N) is 1. The van der Waals surface area contributed by atoms with E-state index in [0.29, 0.717) is 12.8 Å². The molecule has 5 heteroatoms. The van der Waals surface area contributed by atoms with Crippen LogP contribution in [0.5, 0.6) is 0 Å². The monoisotopic (exact) mass is 355 g/mol. The number of rotatable bonds is 5. The second-order valence-corrected chi connectivity index (χ2v) is 7.09. The Morgan fingerprint density at radius 2 is 1.73 bits per heavy atom. The van der Waals surface area contributed by atoms with Crippen molar-refractivity contribution < 1.29 is 19.1 Å². The zero-order valence-corrected chi connectivity index (χ0v) is 15.8. The standard InChI is InChI=1S/C21H25NO4/c1-14-11-21(19(23)25-3,20(24)26-4)12-15(14)9-10-16-13-22(2)18-8-6-5-7-17(16)18/h5-8,13H,9-12H2,1-4H3. The number of aromatic nitrogens is 1. The summed E-state index contributed by atoms with van der Waals surface area (Å²) in [6.45, 7) is 1.99. The summed E-state index contributed by atoms with van der Waals surface area (Å²) in [7, 11) is 4.68. The number of ether oxygens (including phenoxy) is 2. The smallest absolute Gasteiger partial charge is 0.323 e. The summed E-state index contributed by atoms with van der Waals surface area (Å²) in [4.78, 5) is 24.7. The lowest BCUT2D eigenvalue weighted by Gasteiger charge is -2.23. The molecule has 2 aromatic rings. The Hall–Kier alpha value is -2.56. The van der Waals surface area contributed by atoms with Crippen molar-refractivity contribution >= 4 is 22.8 Å². The van der Waals surface area contributed by atoms with Gasteiger partial charge in [0.2, 0.25) is 0 Å². The first-order chi connectivity index (χ1) is 12.4. The summed E-state index contributed by atoms with van der Waals surface area (Å²) in [5.41, 5.74) is 3.49. The lowest BCUT2D eigenvalue weighted by atomic mass is 9.83. The maximum atomic E-state index is 12.3. The molecule has 1 aromatic carbocycles. The minimum absolute atomic E-state index is 0.372. The Balaban J connectivity index is 1.81. The lowest BCUT2D eigenvalue weighted by Crippen LogP contribution is -2.39. The van der Waals surface area contributed by atoms with Crippen molar-refractivity contribution in [2.45, 2.75) is 32.6 Å². The maximum absolute atomic E-state index is 12.3. The average Bonchev–Trinajstić information content (AvgIpc) is 3.17. The van der Waals surface area contributed by atoms with Gasteiger partial charge in [-0.1, -0.05) is 29.3 Å². The van der Waals surface area contributed by atoms with Gasteiger partial charge in [0, 0.05) is 24.1 Å². The van der Waals surface area contributed by atoms with Gasteiger partial charge in [-0.15, -0.1) is 0 Å². The molecule has 0 unspecified atom stereocenters. The molecule has 0 amide bonds. The van der Waals surface area contributed by atoms with E-state index in [2.05, 4.69) is 22.9 Å². The molecule has 0 atom stereocenters. The molecule has 5 nitrogen and oxygen atoms in total. The molecule has 3 rings (SSSR count). The number of hydrogen-bond acceptors (Lipinski definition) is 4. The Labute approximate surface area is 153 Å². The van der Waals surface area contributed by atoms with Gasteiger partial charge in [-0.3, -0.25) is 9.59 Å². The molecule has 0 N–H and O–H groups in total. The molecule has 0 fully saturated rings. The summed E-state index contributed by atoms with van der Waals surface area (Å²) in [5, 5.41) is 1.25. The number of carbonyl (C=O) groups excluding carboxylic acids is 2. The van der Waals surface area contributed by atoms with Gasteiger partial charge in [-0.25, -0.2) is 0 Å². The molecular formula is C21H25NO4. The Kier molecular flexibility index (Phi) is 4.90. The number of benzene rings is 1. The summed E-state index contributed by atoms with van der Waals surface area (Å²) in [6.07, 6.45) is 4.59. The van der Waals surface area contributed by atoms with E-state index in [9.17, 15) is 9.59 Å². The summed E-state index contributed by atoms with van der Waals surface area (Å²) in [5.74, 6) is -1.02. The normalized spacial score (nSPS) is 16.2. The van der Waals surface area contributed by atoms with Crippen LogP contribution in [-0.4, -0.2) is 30.7 Å². The van der Waals surface area contributed by atoms with Gasteiger partial charge < -0.3 is 14.0 Å². The van der Waals surface area contributed by atoms with E-state index in [-0.39, 0.29) is 0 Å². The third-order valence-electron chi connectivity index (χ3n) is 5.51.